The first-order valence-corrected chi connectivity index (χ1v) is 8.48. The number of hydrogen-bond acceptors (Lipinski definition) is 3. The van der Waals surface area contributed by atoms with E-state index < -0.39 is 0 Å². The average molecular weight is 304 g/mol. The van der Waals surface area contributed by atoms with Crippen molar-refractivity contribution in [3.8, 4) is 0 Å². The molecule has 3 nitrogen and oxygen atoms in total. The van der Waals surface area contributed by atoms with Crippen LogP contribution in [0.4, 0.5) is 0 Å². The number of benzene rings is 2. The van der Waals surface area contributed by atoms with Crippen LogP contribution in [0.15, 0.2) is 59.0 Å². The number of para-hydroxylation sites is 2. The van der Waals surface area contributed by atoms with Gasteiger partial charge in [0.1, 0.15) is 5.52 Å². The highest BCUT2D eigenvalue weighted by atomic mass is 16.3. The summed E-state index contributed by atoms with van der Waals surface area (Å²) < 4.78 is 6.01. The highest BCUT2D eigenvalue weighted by Crippen LogP contribution is 2.49. The van der Waals surface area contributed by atoms with Gasteiger partial charge in [-0.15, -0.1) is 0 Å². The summed E-state index contributed by atoms with van der Waals surface area (Å²) >= 11 is 0. The maximum Gasteiger partial charge on any atom is 0.202 e. The van der Waals surface area contributed by atoms with Gasteiger partial charge in [-0.25, -0.2) is 4.98 Å². The van der Waals surface area contributed by atoms with Gasteiger partial charge in [-0.2, -0.15) is 0 Å². The Labute approximate surface area is 135 Å². The van der Waals surface area contributed by atoms with E-state index in [1.165, 1.54) is 24.8 Å². The number of oxazole rings is 1. The summed E-state index contributed by atoms with van der Waals surface area (Å²) in [6, 6.07) is 19.5. The van der Waals surface area contributed by atoms with Crippen LogP contribution in [0, 0.1) is 0 Å². The Balaban J connectivity index is 1.28. The van der Waals surface area contributed by atoms with Crippen molar-refractivity contribution in [3.63, 3.8) is 0 Å². The number of fused-ring (bicyclic) bond motifs is 1. The Morgan fingerprint density at radius 2 is 1.83 bits per heavy atom. The minimum Gasteiger partial charge on any atom is -0.440 e. The topological polar surface area (TPSA) is 38.1 Å². The highest BCUT2D eigenvalue weighted by Gasteiger charge is 2.50. The molecule has 2 saturated carbocycles. The van der Waals surface area contributed by atoms with Crippen LogP contribution in [0.1, 0.15) is 36.6 Å². The number of hydrogen-bond donors (Lipinski definition) is 1. The van der Waals surface area contributed by atoms with E-state index in [9.17, 15) is 0 Å². The molecule has 2 fully saturated rings. The van der Waals surface area contributed by atoms with E-state index in [0.717, 1.165) is 23.5 Å². The van der Waals surface area contributed by atoms with Crippen molar-refractivity contribution in [2.45, 2.75) is 36.6 Å². The van der Waals surface area contributed by atoms with Gasteiger partial charge in [-0.05, 0) is 37.0 Å². The molecule has 116 valence electrons. The minimum atomic E-state index is 0.128. The third-order valence-corrected chi connectivity index (χ3v) is 5.32. The molecule has 2 atom stereocenters. The largest absolute Gasteiger partial charge is 0.440 e. The first-order valence-electron chi connectivity index (χ1n) is 8.48. The van der Waals surface area contributed by atoms with E-state index in [0.29, 0.717) is 12.0 Å². The van der Waals surface area contributed by atoms with Gasteiger partial charge in [0, 0.05) is 18.5 Å². The minimum absolute atomic E-state index is 0.128. The first kappa shape index (κ1) is 13.3. The molecule has 5 rings (SSSR count). The molecule has 23 heavy (non-hydrogen) atoms. The summed E-state index contributed by atoms with van der Waals surface area (Å²) in [4.78, 5) is 4.72. The van der Waals surface area contributed by atoms with Gasteiger partial charge >= 0.3 is 0 Å². The average Bonchev–Trinajstić information content (AvgIpc) is 3.50. The normalized spacial score (nSPS) is 24.7. The summed E-state index contributed by atoms with van der Waals surface area (Å²) in [6.07, 6.45) is 3.60. The predicted octanol–water partition coefficient (Wildman–Crippen LogP) is 4.01. The molecule has 3 heteroatoms. The summed E-state index contributed by atoms with van der Waals surface area (Å²) in [5, 5.41) is 3.75. The van der Waals surface area contributed by atoms with E-state index in [4.69, 9.17) is 9.40 Å². The fraction of sp³-hybridized carbons (Fsp3) is 0.350. The zero-order valence-corrected chi connectivity index (χ0v) is 13.0. The van der Waals surface area contributed by atoms with E-state index in [-0.39, 0.29) is 5.41 Å². The molecule has 2 aliphatic carbocycles. The second-order valence-electron chi connectivity index (χ2n) is 7.01. The van der Waals surface area contributed by atoms with Crippen molar-refractivity contribution in [1.82, 2.24) is 10.3 Å². The lowest BCUT2D eigenvalue weighted by atomic mass is 10.1. The van der Waals surface area contributed by atoms with E-state index >= 15 is 0 Å². The summed E-state index contributed by atoms with van der Waals surface area (Å²) in [5.74, 6) is 1.60. The van der Waals surface area contributed by atoms with E-state index in [2.05, 4.69) is 35.6 Å². The van der Waals surface area contributed by atoms with Gasteiger partial charge in [0.25, 0.3) is 0 Å². The molecule has 0 bridgehead atoms. The van der Waals surface area contributed by atoms with Crippen LogP contribution in [0.3, 0.4) is 0 Å². The lowest BCUT2D eigenvalue weighted by molar-refractivity contribution is 0.434. The highest BCUT2D eigenvalue weighted by molar-refractivity contribution is 5.72. The van der Waals surface area contributed by atoms with Gasteiger partial charge < -0.3 is 9.73 Å². The molecule has 0 amide bonds. The maximum atomic E-state index is 6.01. The number of rotatable bonds is 5. The second-order valence-corrected chi connectivity index (χ2v) is 7.01. The third kappa shape index (κ3) is 2.36. The van der Waals surface area contributed by atoms with E-state index in [1.807, 2.05) is 24.3 Å². The van der Waals surface area contributed by atoms with Crippen LogP contribution in [-0.4, -0.2) is 17.6 Å². The number of nitrogens with zero attached hydrogens (tertiary/aromatic N) is 1. The van der Waals surface area contributed by atoms with Gasteiger partial charge in [0.15, 0.2) is 5.58 Å². The molecular weight excluding hydrogens is 284 g/mol. The molecule has 0 unspecified atom stereocenters. The van der Waals surface area contributed by atoms with Crippen molar-refractivity contribution in [2.24, 2.45) is 0 Å². The number of nitrogens with one attached hydrogen (secondary N) is 1. The summed E-state index contributed by atoms with van der Waals surface area (Å²) in [5.41, 5.74) is 3.46. The van der Waals surface area contributed by atoms with Crippen molar-refractivity contribution in [2.75, 3.05) is 6.54 Å². The Morgan fingerprint density at radius 3 is 2.61 bits per heavy atom. The molecule has 2 aromatic carbocycles. The van der Waals surface area contributed by atoms with Gasteiger partial charge in [0.2, 0.25) is 5.89 Å². The third-order valence-electron chi connectivity index (χ3n) is 5.32. The van der Waals surface area contributed by atoms with Crippen molar-refractivity contribution in [3.05, 3.63) is 66.1 Å². The molecule has 2 aliphatic rings. The van der Waals surface area contributed by atoms with Crippen molar-refractivity contribution < 1.29 is 4.42 Å². The SMILES string of the molecule is c1ccc([C@H]2C[C@@H]2NCC2(c3nc4ccccc4o3)CC2)cc1. The summed E-state index contributed by atoms with van der Waals surface area (Å²) in [7, 11) is 0. The molecule has 0 radical (unpaired) electrons. The Hall–Kier alpha value is -2.13. The van der Waals surface area contributed by atoms with Gasteiger partial charge in [0.05, 0.1) is 5.41 Å². The zero-order valence-electron chi connectivity index (χ0n) is 13.0. The molecule has 1 aromatic heterocycles. The lowest BCUT2D eigenvalue weighted by Crippen LogP contribution is -2.29. The van der Waals surface area contributed by atoms with Crippen LogP contribution >= 0.6 is 0 Å². The fourth-order valence-electron chi connectivity index (χ4n) is 3.53. The molecule has 1 N–H and O–H groups in total. The quantitative estimate of drug-likeness (QED) is 0.774. The first-order chi connectivity index (χ1) is 11.3. The van der Waals surface area contributed by atoms with Crippen LogP contribution in [0.5, 0.6) is 0 Å². The maximum absolute atomic E-state index is 6.01. The number of aromatic nitrogens is 1. The van der Waals surface area contributed by atoms with Gasteiger partial charge in [-0.1, -0.05) is 42.5 Å². The Morgan fingerprint density at radius 1 is 1.04 bits per heavy atom. The van der Waals surface area contributed by atoms with Crippen LogP contribution in [0.2, 0.25) is 0 Å². The monoisotopic (exact) mass is 304 g/mol. The van der Waals surface area contributed by atoms with Crippen LogP contribution in [0.25, 0.3) is 11.1 Å². The Kier molecular flexibility index (Phi) is 2.86. The van der Waals surface area contributed by atoms with Crippen LogP contribution in [-0.2, 0) is 5.41 Å². The fourth-order valence-corrected chi connectivity index (χ4v) is 3.53. The second kappa shape index (κ2) is 4.93. The van der Waals surface area contributed by atoms with Crippen LogP contribution < -0.4 is 5.32 Å². The lowest BCUT2D eigenvalue weighted by Gasteiger charge is -2.12. The zero-order chi connectivity index (χ0) is 15.3. The van der Waals surface area contributed by atoms with Gasteiger partial charge in [-0.3, -0.25) is 0 Å². The smallest absolute Gasteiger partial charge is 0.202 e. The molecule has 1 heterocycles. The predicted molar refractivity (Wildman–Crippen MR) is 90.5 cm³/mol. The molecule has 0 spiro atoms. The molecular formula is C20H20N2O. The van der Waals surface area contributed by atoms with E-state index in [1.54, 1.807) is 0 Å². The molecule has 3 aromatic rings. The Bertz CT molecular complexity index is 802. The summed E-state index contributed by atoms with van der Waals surface area (Å²) in [6.45, 7) is 0.980. The molecule has 0 aliphatic heterocycles. The molecule has 0 saturated heterocycles. The van der Waals surface area contributed by atoms with Crippen molar-refractivity contribution >= 4 is 11.1 Å². The standard InChI is InChI=1S/C20H20N2O/c1-2-6-14(7-3-1)15-12-17(15)21-13-20(10-11-20)19-22-16-8-4-5-9-18(16)23-19/h1-9,15,17,21H,10-13H2/t15-,17+/m1/s1. The van der Waals surface area contributed by atoms with Crippen molar-refractivity contribution in [1.29, 1.82) is 0 Å².